The first kappa shape index (κ1) is 22.8. The van der Waals surface area contributed by atoms with Gasteiger partial charge in [0.2, 0.25) is 0 Å². The molecule has 2 aromatic rings. The number of rotatable bonds is 6. The number of hydrogen-bond acceptors (Lipinski definition) is 3. The Morgan fingerprint density at radius 2 is 1.40 bits per heavy atom. The van der Waals surface area contributed by atoms with E-state index in [0.29, 0.717) is 6.61 Å². The SMILES string of the molecule is CC1(C)C[C@H](C(C)(C)CO[Si](c2ccccc2)(c2ccccc2)C(C)(C)C)OC1=O. The van der Waals surface area contributed by atoms with Crippen LogP contribution >= 0.6 is 0 Å². The molecular formula is C26H36O3Si. The van der Waals surface area contributed by atoms with Gasteiger partial charge in [0.15, 0.2) is 0 Å². The van der Waals surface area contributed by atoms with E-state index < -0.39 is 13.7 Å². The second-order valence-corrected chi connectivity index (χ2v) is 15.2. The van der Waals surface area contributed by atoms with Crippen molar-refractivity contribution in [2.45, 2.75) is 66.0 Å². The Kier molecular flexibility index (Phi) is 6.05. The molecule has 162 valence electrons. The summed E-state index contributed by atoms with van der Waals surface area (Å²) in [4.78, 5) is 12.3. The molecule has 0 amide bonds. The highest BCUT2D eigenvalue weighted by Gasteiger charge is 2.53. The molecule has 0 N–H and O–H groups in total. The number of esters is 1. The van der Waals surface area contributed by atoms with Crippen LogP contribution in [0, 0.1) is 10.8 Å². The summed E-state index contributed by atoms with van der Waals surface area (Å²) in [5.41, 5.74) is -0.712. The standard InChI is InChI=1S/C26H36O3Si/c1-24(2,3)30(20-14-10-8-11-15-20,21-16-12-9-13-17-21)28-19-26(6,7)22-18-25(4,5)23(27)29-22/h8-17,22H,18-19H2,1-7H3/t22-/m1/s1. The van der Waals surface area contributed by atoms with E-state index in [1.54, 1.807) is 0 Å². The first-order valence-electron chi connectivity index (χ1n) is 10.9. The van der Waals surface area contributed by atoms with Crippen LogP contribution in [-0.4, -0.2) is 27.0 Å². The Morgan fingerprint density at radius 3 is 1.77 bits per heavy atom. The predicted octanol–water partition coefficient (Wildman–Crippen LogP) is 4.93. The van der Waals surface area contributed by atoms with Crippen molar-refractivity contribution < 1.29 is 14.0 Å². The van der Waals surface area contributed by atoms with Gasteiger partial charge in [0, 0.05) is 18.4 Å². The Bertz CT molecular complexity index is 827. The van der Waals surface area contributed by atoms with Crippen molar-refractivity contribution in [3.63, 3.8) is 0 Å². The molecule has 0 aromatic heterocycles. The largest absolute Gasteiger partial charge is 0.461 e. The highest BCUT2D eigenvalue weighted by Crippen LogP contribution is 2.43. The number of ether oxygens (including phenoxy) is 1. The smallest absolute Gasteiger partial charge is 0.311 e. The molecule has 1 atom stereocenters. The van der Waals surface area contributed by atoms with E-state index in [0.717, 1.165) is 6.42 Å². The number of carbonyl (C=O) groups excluding carboxylic acids is 1. The maximum Gasteiger partial charge on any atom is 0.311 e. The number of cyclic esters (lactones) is 1. The van der Waals surface area contributed by atoms with E-state index in [-0.39, 0.29) is 22.5 Å². The van der Waals surface area contributed by atoms with Crippen LogP contribution in [0.1, 0.15) is 54.9 Å². The van der Waals surface area contributed by atoms with Crippen LogP contribution in [0.25, 0.3) is 0 Å². The molecule has 0 radical (unpaired) electrons. The van der Waals surface area contributed by atoms with Crippen LogP contribution in [-0.2, 0) is 14.0 Å². The minimum absolute atomic E-state index is 0.0720. The third-order valence-corrected chi connectivity index (χ3v) is 11.4. The van der Waals surface area contributed by atoms with Crippen molar-refractivity contribution in [2.75, 3.05) is 6.61 Å². The summed E-state index contributed by atoms with van der Waals surface area (Å²) in [5, 5.41) is 2.46. The number of hydrogen-bond donors (Lipinski definition) is 0. The molecule has 4 heteroatoms. The highest BCUT2D eigenvalue weighted by atomic mass is 28.4. The molecule has 0 spiro atoms. The third-order valence-electron chi connectivity index (χ3n) is 6.45. The Morgan fingerprint density at radius 1 is 0.933 bits per heavy atom. The minimum Gasteiger partial charge on any atom is -0.461 e. The van der Waals surface area contributed by atoms with Gasteiger partial charge in [0.1, 0.15) is 6.10 Å². The molecule has 0 aliphatic carbocycles. The molecule has 1 aliphatic heterocycles. The van der Waals surface area contributed by atoms with Crippen LogP contribution in [0.15, 0.2) is 60.7 Å². The van der Waals surface area contributed by atoms with Gasteiger partial charge in [-0.1, -0.05) is 95.3 Å². The van der Waals surface area contributed by atoms with Gasteiger partial charge in [-0.15, -0.1) is 0 Å². The predicted molar refractivity (Wildman–Crippen MR) is 126 cm³/mol. The topological polar surface area (TPSA) is 35.5 Å². The minimum atomic E-state index is -2.60. The average molecular weight is 425 g/mol. The van der Waals surface area contributed by atoms with Crippen molar-refractivity contribution >= 4 is 24.7 Å². The maximum absolute atomic E-state index is 12.3. The molecule has 30 heavy (non-hydrogen) atoms. The van der Waals surface area contributed by atoms with Gasteiger partial charge in [0.05, 0.1) is 5.41 Å². The number of carbonyl (C=O) groups is 1. The zero-order valence-corrected chi connectivity index (χ0v) is 20.5. The first-order chi connectivity index (χ1) is 13.9. The van der Waals surface area contributed by atoms with Crippen LogP contribution in [0.4, 0.5) is 0 Å². The lowest BCUT2D eigenvalue weighted by molar-refractivity contribution is -0.151. The molecule has 0 saturated carbocycles. The normalized spacial score (nSPS) is 19.6. The van der Waals surface area contributed by atoms with Gasteiger partial charge in [-0.2, -0.15) is 0 Å². The highest BCUT2D eigenvalue weighted by molar-refractivity contribution is 6.99. The molecule has 1 fully saturated rings. The van der Waals surface area contributed by atoms with Crippen molar-refractivity contribution in [1.29, 1.82) is 0 Å². The van der Waals surface area contributed by atoms with Crippen LogP contribution < -0.4 is 10.4 Å². The van der Waals surface area contributed by atoms with Crippen LogP contribution in [0.2, 0.25) is 5.04 Å². The molecule has 2 aromatic carbocycles. The molecule has 0 unspecified atom stereocenters. The number of benzene rings is 2. The van der Waals surface area contributed by atoms with Gasteiger partial charge in [-0.3, -0.25) is 4.79 Å². The molecule has 3 nitrogen and oxygen atoms in total. The van der Waals surface area contributed by atoms with Gasteiger partial charge in [-0.05, 0) is 29.3 Å². The fourth-order valence-corrected chi connectivity index (χ4v) is 9.21. The van der Waals surface area contributed by atoms with E-state index in [2.05, 4.69) is 95.3 Å². The zero-order chi connectivity index (χ0) is 22.2. The Balaban J connectivity index is 2.01. The van der Waals surface area contributed by atoms with Gasteiger partial charge < -0.3 is 9.16 Å². The van der Waals surface area contributed by atoms with Crippen molar-refractivity contribution in [1.82, 2.24) is 0 Å². The molecular weight excluding hydrogens is 388 g/mol. The fourth-order valence-electron chi connectivity index (χ4n) is 4.46. The first-order valence-corrected chi connectivity index (χ1v) is 12.8. The van der Waals surface area contributed by atoms with Gasteiger partial charge in [-0.25, -0.2) is 0 Å². The summed E-state index contributed by atoms with van der Waals surface area (Å²) in [6.07, 6.45) is 0.585. The summed E-state index contributed by atoms with van der Waals surface area (Å²) in [6, 6.07) is 21.3. The lowest BCUT2D eigenvalue weighted by Crippen LogP contribution is -2.67. The Labute approximate surface area is 182 Å². The lowest BCUT2D eigenvalue weighted by Gasteiger charge is -2.45. The molecule has 3 rings (SSSR count). The summed E-state index contributed by atoms with van der Waals surface area (Å²) in [6.45, 7) is 15.6. The van der Waals surface area contributed by atoms with Crippen LogP contribution in [0.5, 0.6) is 0 Å². The molecule has 1 saturated heterocycles. The molecule has 0 bridgehead atoms. The third kappa shape index (κ3) is 4.13. The van der Waals surface area contributed by atoms with Crippen molar-refractivity contribution in [3.8, 4) is 0 Å². The van der Waals surface area contributed by atoms with E-state index in [4.69, 9.17) is 9.16 Å². The monoisotopic (exact) mass is 424 g/mol. The second kappa shape index (κ2) is 7.97. The van der Waals surface area contributed by atoms with Crippen molar-refractivity contribution in [2.24, 2.45) is 10.8 Å². The lowest BCUT2D eigenvalue weighted by atomic mass is 9.80. The van der Waals surface area contributed by atoms with E-state index in [1.807, 2.05) is 13.8 Å². The summed E-state index contributed by atoms with van der Waals surface area (Å²) < 4.78 is 12.9. The van der Waals surface area contributed by atoms with E-state index >= 15 is 0 Å². The van der Waals surface area contributed by atoms with Crippen molar-refractivity contribution in [3.05, 3.63) is 60.7 Å². The van der Waals surface area contributed by atoms with Gasteiger partial charge in [0.25, 0.3) is 8.32 Å². The second-order valence-electron chi connectivity index (χ2n) is 10.9. The van der Waals surface area contributed by atoms with E-state index in [1.165, 1.54) is 10.4 Å². The quantitative estimate of drug-likeness (QED) is 0.487. The average Bonchev–Trinajstić information content (AvgIpc) is 2.96. The molecule has 1 aliphatic rings. The zero-order valence-electron chi connectivity index (χ0n) is 19.5. The Hall–Kier alpha value is -1.91. The van der Waals surface area contributed by atoms with Crippen LogP contribution in [0.3, 0.4) is 0 Å². The summed E-state index contributed by atoms with van der Waals surface area (Å²) in [5.74, 6) is -0.106. The molecule has 1 heterocycles. The summed E-state index contributed by atoms with van der Waals surface area (Å²) in [7, 11) is -2.60. The van der Waals surface area contributed by atoms with Gasteiger partial charge >= 0.3 is 5.97 Å². The maximum atomic E-state index is 12.3. The summed E-state index contributed by atoms with van der Waals surface area (Å²) >= 11 is 0. The fraction of sp³-hybridized carbons (Fsp3) is 0.500. The van der Waals surface area contributed by atoms with E-state index in [9.17, 15) is 4.79 Å².